The fraction of sp³-hybridized carbons (Fsp3) is 0.304. The maximum atomic E-state index is 13.2. The zero-order valence-electron chi connectivity index (χ0n) is 16.8. The minimum Gasteiger partial charge on any atom is -0.393 e. The molecule has 31 heavy (non-hydrogen) atoms. The zero-order valence-corrected chi connectivity index (χ0v) is 18.3. The molecule has 3 N–H and O–H groups in total. The van der Waals surface area contributed by atoms with Crippen LogP contribution in [0.5, 0.6) is 0 Å². The Labute approximate surface area is 190 Å². The van der Waals surface area contributed by atoms with E-state index in [4.69, 9.17) is 23.2 Å². The number of hydrogen-bond acceptors (Lipinski definition) is 3. The molecule has 2 aromatic carbocycles. The van der Waals surface area contributed by atoms with Gasteiger partial charge >= 0.3 is 0 Å². The van der Waals surface area contributed by atoms with Crippen LogP contribution in [0, 0.1) is 0 Å². The maximum Gasteiger partial charge on any atom is 0.268 e. The number of carbonyl (C=O) groups excluding carboxylic acids is 2. The molecule has 2 heterocycles. The SMILES string of the molecule is O=C(NC(Cc1cccc(Cl)c1)C(=O)N1CCC(O)CC1)c1cc2cc(Cl)ccc2[nH]1. The van der Waals surface area contributed by atoms with Gasteiger partial charge in [0.2, 0.25) is 5.91 Å². The van der Waals surface area contributed by atoms with E-state index in [-0.39, 0.29) is 17.9 Å². The number of rotatable bonds is 5. The van der Waals surface area contributed by atoms with Crippen LogP contribution >= 0.6 is 23.2 Å². The molecule has 162 valence electrons. The van der Waals surface area contributed by atoms with E-state index >= 15 is 0 Å². The average molecular weight is 460 g/mol. The third-order valence-corrected chi connectivity index (χ3v) is 6.01. The summed E-state index contributed by atoms with van der Waals surface area (Å²) in [5.74, 6) is -0.538. The number of benzene rings is 2. The predicted octanol–water partition coefficient (Wildman–Crippen LogP) is 3.80. The number of aliphatic hydroxyl groups excluding tert-OH is 1. The van der Waals surface area contributed by atoms with Gasteiger partial charge in [0.1, 0.15) is 11.7 Å². The van der Waals surface area contributed by atoms with Crippen LogP contribution in [0.15, 0.2) is 48.5 Å². The summed E-state index contributed by atoms with van der Waals surface area (Å²) in [4.78, 5) is 31.0. The van der Waals surface area contributed by atoms with Gasteiger partial charge in [-0.2, -0.15) is 0 Å². The quantitative estimate of drug-likeness (QED) is 0.542. The van der Waals surface area contributed by atoms with E-state index in [1.54, 1.807) is 35.2 Å². The number of halogens is 2. The van der Waals surface area contributed by atoms with Gasteiger partial charge in [0.25, 0.3) is 5.91 Å². The Morgan fingerprint density at radius 1 is 1.10 bits per heavy atom. The van der Waals surface area contributed by atoms with Crippen LogP contribution in [-0.4, -0.2) is 52.0 Å². The molecule has 2 amide bonds. The van der Waals surface area contributed by atoms with Crippen molar-refractivity contribution in [3.8, 4) is 0 Å². The van der Waals surface area contributed by atoms with E-state index in [9.17, 15) is 14.7 Å². The first kappa shape index (κ1) is 21.7. The molecule has 0 aliphatic carbocycles. The normalized spacial score (nSPS) is 15.8. The van der Waals surface area contributed by atoms with Crippen molar-refractivity contribution in [3.05, 3.63) is 69.8 Å². The highest BCUT2D eigenvalue weighted by Crippen LogP contribution is 2.21. The molecule has 4 rings (SSSR count). The second kappa shape index (κ2) is 9.30. The number of hydrogen-bond donors (Lipinski definition) is 3. The van der Waals surface area contributed by atoms with Crippen molar-refractivity contribution in [2.75, 3.05) is 13.1 Å². The van der Waals surface area contributed by atoms with Crippen LogP contribution in [0.2, 0.25) is 10.0 Å². The van der Waals surface area contributed by atoms with Crippen LogP contribution in [0.25, 0.3) is 10.9 Å². The first-order chi connectivity index (χ1) is 14.9. The number of H-pyrrole nitrogens is 1. The van der Waals surface area contributed by atoms with E-state index in [1.165, 1.54) is 0 Å². The summed E-state index contributed by atoms with van der Waals surface area (Å²) in [6, 6.07) is 13.5. The number of carbonyl (C=O) groups is 2. The van der Waals surface area contributed by atoms with Crippen molar-refractivity contribution in [2.45, 2.75) is 31.4 Å². The Morgan fingerprint density at radius 3 is 2.58 bits per heavy atom. The molecule has 1 aliphatic heterocycles. The van der Waals surface area contributed by atoms with Gasteiger partial charge in [-0.25, -0.2) is 0 Å². The molecule has 1 atom stereocenters. The first-order valence-corrected chi connectivity index (χ1v) is 10.9. The minimum atomic E-state index is -0.754. The average Bonchev–Trinajstić information content (AvgIpc) is 3.17. The highest BCUT2D eigenvalue weighted by molar-refractivity contribution is 6.31. The fourth-order valence-electron chi connectivity index (χ4n) is 3.87. The lowest BCUT2D eigenvalue weighted by atomic mass is 10.0. The van der Waals surface area contributed by atoms with Crippen LogP contribution < -0.4 is 5.32 Å². The molecule has 1 saturated heterocycles. The third-order valence-electron chi connectivity index (χ3n) is 5.54. The second-order valence-corrected chi connectivity index (χ2v) is 8.70. The summed E-state index contributed by atoms with van der Waals surface area (Å²) < 4.78 is 0. The van der Waals surface area contributed by atoms with Crippen LogP contribution in [0.1, 0.15) is 28.9 Å². The summed E-state index contributed by atoms with van der Waals surface area (Å²) in [5.41, 5.74) is 2.00. The summed E-state index contributed by atoms with van der Waals surface area (Å²) in [7, 11) is 0. The Balaban J connectivity index is 1.56. The molecular formula is C23H23Cl2N3O3. The number of nitrogens with zero attached hydrogens (tertiary/aromatic N) is 1. The van der Waals surface area contributed by atoms with Gasteiger partial charge in [-0.1, -0.05) is 35.3 Å². The standard InChI is InChI=1S/C23H23Cl2N3O3/c24-16-3-1-2-14(10-16)11-21(23(31)28-8-6-18(29)7-9-28)27-22(30)20-13-15-12-17(25)4-5-19(15)26-20/h1-5,10,12-13,18,21,26,29H,6-9,11H2,(H,27,30). The summed E-state index contributed by atoms with van der Waals surface area (Å²) in [6.07, 6.45) is 0.998. The van der Waals surface area contributed by atoms with Gasteiger partial charge in [-0.3, -0.25) is 9.59 Å². The number of aliphatic hydroxyl groups is 1. The first-order valence-electron chi connectivity index (χ1n) is 10.2. The van der Waals surface area contributed by atoms with Crippen molar-refractivity contribution in [1.82, 2.24) is 15.2 Å². The molecule has 6 nitrogen and oxygen atoms in total. The van der Waals surface area contributed by atoms with Crippen molar-refractivity contribution in [1.29, 1.82) is 0 Å². The van der Waals surface area contributed by atoms with Crippen LogP contribution in [0.3, 0.4) is 0 Å². The summed E-state index contributed by atoms with van der Waals surface area (Å²) in [6.45, 7) is 0.930. The van der Waals surface area contributed by atoms with Crippen LogP contribution in [-0.2, 0) is 11.2 Å². The van der Waals surface area contributed by atoms with E-state index in [1.807, 2.05) is 18.2 Å². The topological polar surface area (TPSA) is 85.4 Å². The minimum absolute atomic E-state index is 0.167. The fourth-order valence-corrected chi connectivity index (χ4v) is 4.26. The number of piperidine rings is 1. The lowest BCUT2D eigenvalue weighted by Gasteiger charge is -2.32. The molecule has 0 spiro atoms. The van der Waals surface area contributed by atoms with E-state index in [0.29, 0.717) is 48.1 Å². The number of aromatic amines is 1. The molecule has 0 saturated carbocycles. The Morgan fingerprint density at radius 2 is 1.84 bits per heavy atom. The number of fused-ring (bicyclic) bond motifs is 1. The lowest BCUT2D eigenvalue weighted by Crippen LogP contribution is -2.52. The third kappa shape index (κ3) is 5.21. The number of likely N-dealkylation sites (tertiary alicyclic amines) is 1. The molecule has 8 heteroatoms. The molecule has 1 aliphatic rings. The van der Waals surface area contributed by atoms with Crippen molar-refractivity contribution in [3.63, 3.8) is 0 Å². The molecule has 0 radical (unpaired) electrons. The van der Waals surface area contributed by atoms with Crippen LogP contribution in [0.4, 0.5) is 0 Å². The van der Waals surface area contributed by atoms with Gasteiger partial charge in [0, 0.05) is 40.5 Å². The molecular weight excluding hydrogens is 437 g/mol. The van der Waals surface area contributed by atoms with Crippen molar-refractivity contribution >= 4 is 45.9 Å². The summed E-state index contributed by atoms with van der Waals surface area (Å²) in [5, 5.41) is 14.6. The smallest absolute Gasteiger partial charge is 0.268 e. The van der Waals surface area contributed by atoms with E-state index in [0.717, 1.165) is 16.5 Å². The molecule has 0 bridgehead atoms. The molecule has 1 aromatic heterocycles. The van der Waals surface area contributed by atoms with E-state index < -0.39 is 6.04 Å². The number of amides is 2. The highest BCUT2D eigenvalue weighted by Gasteiger charge is 2.29. The highest BCUT2D eigenvalue weighted by atomic mass is 35.5. The van der Waals surface area contributed by atoms with Crippen molar-refractivity contribution < 1.29 is 14.7 Å². The zero-order chi connectivity index (χ0) is 22.0. The van der Waals surface area contributed by atoms with Crippen molar-refractivity contribution in [2.24, 2.45) is 0 Å². The Kier molecular flexibility index (Phi) is 6.51. The van der Waals surface area contributed by atoms with Gasteiger partial charge in [-0.05, 0) is 54.8 Å². The lowest BCUT2D eigenvalue weighted by molar-refractivity contribution is -0.135. The van der Waals surface area contributed by atoms with Gasteiger partial charge < -0.3 is 20.3 Å². The summed E-state index contributed by atoms with van der Waals surface area (Å²) >= 11 is 12.1. The van der Waals surface area contributed by atoms with E-state index in [2.05, 4.69) is 10.3 Å². The Bertz CT molecular complexity index is 1110. The van der Waals surface area contributed by atoms with Gasteiger partial charge in [0.05, 0.1) is 6.10 Å². The predicted molar refractivity (Wildman–Crippen MR) is 122 cm³/mol. The van der Waals surface area contributed by atoms with Gasteiger partial charge in [0.15, 0.2) is 0 Å². The monoisotopic (exact) mass is 459 g/mol. The van der Waals surface area contributed by atoms with Gasteiger partial charge in [-0.15, -0.1) is 0 Å². The molecule has 3 aromatic rings. The second-order valence-electron chi connectivity index (χ2n) is 7.83. The molecule has 1 fully saturated rings. The maximum absolute atomic E-state index is 13.2. The number of nitrogens with one attached hydrogen (secondary N) is 2. The number of aromatic nitrogens is 1. The largest absolute Gasteiger partial charge is 0.393 e. The Hall–Kier alpha value is -2.54. The molecule has 1 unspecified atom stereocenters.